The number of fused-ring (bicyclic) bond motifs is 1. The summed E-state index contributed by atoms with van der Waals surface area (Å²) in [6.45, 7) is 9.02. The van der Waals surface area contributed by atoms with Gasteiger partial charge in [-0.2, -0.15) is 13.2 Å². The maximum absolute atomic E-state index is 13.5. The molecule has 1 fully saturated rings. The fourth-order valence-electron chi connectivity index (χ4n) is 5.31. The van der Waals surface area contributed by atoms with Crippen LogP contribution in [0.5, 0.6) is 5.75 Å². The normalized spacial score (nSPS) is 20.7. The van der Waals surface area contributed by atoms with Crippen molar-refractivity contribution in [2.75, 3.05) is 49.6 Å². The highest BCUT2D eigenvalue weighted by Crippen LogP contribution is 2.44. The van der Waals surface area contributed by atoms with E-state index < -0.39 is 11.7 Å². The standard InChI is InChI=1S/C26H32F3N3O2/c1-18-16-25(2,3)32(23-9-8-21(34-4)15-22(18)23)24(33)17-30-10-12-31(13-11-30)20-7-5-6-19(14-20)26(27,28)29/h5-9,14-15,18H,10-13,16-17H2,1-4H3. The number of alkyl halides is 3. The summed E-state index contributed by atoms with van der Waals surface area (Å²) in [6.07, 6.45) is -3.51. The van der Waals surface area contributed by atoms with Crippen LogP contribution in [0.4, 0.5) is 24.5 Å². The Morgan fingerprint density at radius 1 is 1.09 bits per heavy atom. The second-order valence-corrected chi connectivity index (χ2v) is 9.88. The van der Waals surface area contributed by atoms with Crippen LogP contribution in [0.15, 0.2) is 42.5 Å². The van der Waals surface area contributed by atoms with Crippen LogP contribution in [-0.4, -0.2) is 56.2 Å². The molecule has 184 valence electrons. The van der Waals surface area contributed by atoms with Gasteiger partial charge < -0.3 is 14.5 Å². The molecule has 0 saturated carbocycles. The first-order chi connectivity index (χ1) is 16.0. The average molecular weight is 476 g/mol. The van der Waals surface area contributed by atoms with Gasteiger partial charge in [0.25, 0.3) is 0 Å². The molecular weight excluding hydrogens is 443 g/mol. The predicted molar refractivity (Wildman–Crippen MR) is 128 cm³/mol. The lowest BCUT2D eigenvalue weighted by molar-refractivity contribution is -0.137. The van der Waals surface area contributed by atoms with Crippen molar-refractivity contribution in [3.05, 3.63) is 53.6 Å². The third-order valence-corrected chi connectivity index (χ3v) is 6.94. The molecule has 0 N–H and O–H groups in total. The minimum absolute atomic E-state index is 0.0378. The van der Waals surface area contributed by atoms with E-state index in [4.69, 9.17) is 4.74 Å². The lowest BCUT2D eigenvalue weighted by atomic mass is 9.80. The summed E-state index contributed by atoms with van der Waals surface area (Å²) in [4.78, 5) is 19.5. The van der Waals surface area contributed by atoms with Crippen molar-refractivity contribution in [1.29, 1.82) is 0 Å². The van der Waals surface area contributed by atoms with Gasteiger partial charge in [0, 0.05) is 43.1 Å². The Bertz CT molecular complexity index is 1050. The molecule has 1 unspecified atom stereocenters. The Kier molecular flexibility index (Phi) is 6.55. The number of hydrogen-bond donors (Lipinski definition) is 0. The molecule has 4 rings (SSSR count). The van der Waals surface area contributed by atoms with Crippen LogP contribution in [0.1, 0.15) is 44.2 Å². The van der Waals surface area contributed by atoms with Crippen molar-refractivity contribution in [2.24, 2.45) is 0 Å². The zero-order valence-corrected chi connectivity index (χ0v) is 20.2. The molecule has 0 spiro atoms. The van der Waals surface area contributed by atoms with Crippen molar-refractivity contribution in [2.45, 2.75) is 44.8 Å². The molecule has 2 aromatic carbocycles. The van der Waals surface area contributed by atoms with E-state index in [0.717, 1.165) is 29.5 Å². The van der Waals surface area contributed by atoms with Gasteiger partial charge in [-0.1, -0.05) is 13.0 Å². The zero-order valence-electron chi connectivity index (χ0n) is 20.2. The van der Waals surface area contributed by atoms with E-state index >= 15 is 0 Å². The van der Waals surface area contributed by atoms with Crippen LogP contribution < -0.4 is 14.5 Å². The van der Waals surface area contributed by atoms with Crippen molar-refractivity contribution in [3.63, 3.8) is 0 Å². The monoisotopic (exact) mass is 475 g/mol. The number of nitrogens with zero attached hydrogens (tertiary/aromatic N) is 3. The second kappa shape index (κ2) is 9.13. The van der Waals surface area contributed by atoms with E-state index in [1.807, 2.05) is 28.0 Å². The highest BCUT2D eigenvalue weighted by molar-refractivity contribution is 5.97. The second-order valence-electron chi connectivity index (χ2n) is 9.88. The van der Waals surface area contributed by atoms with Gasteiger partial charge in [-0.25, -0.2) is 0 Å². The van der Waals surface area contributed by atoms with Gasteiger partial charge in [0.1, 0.15) is 5.75 Å². The minimum atomic E-state index is -4.36. The summed E-state index contributed by atoms with van der Waals surface area (Å²) in [5, 5.41) is 0. The molecule has 34 heavy (non-hydrogen) atoms. The van der Waals surface area contributed by atoms with Crippen molar-refractivity contribution >= 4 is 17.3 Å². The molecule has 2 aliphatic heterocycles. The molecule has 1 atom stereocenters. The first-order valence-electron chi connectivity index (χ1n) is 11.6. The number of rotatable bonds is 4. The quantitative estimate of drug-likeness (QED) is 0.613. The maximum Gasteiger partial charge on any atom is 0.416 e. The molecule has 0 bridgehead atoms. The summed E-state index contributed by atoms with van der Waals surface area (Å²) < 4.78 is 44.6. The molecule has 5 nitrogen and oxygen atoms in total. The number of carbonyl (C=O) groups excluding carboxylic acids is 1. The zero-order chi connectivity index (χ0) is 24.7. The molecule has 8 heteroatoms. The van der Waals surface area contributed by atoms with E-state index in [1.54, 1.807) is 13.2 Å². The summed E-state index contributed by atoms with van der Waals surface area (Å²) >= 11 is 0. The Labute approximate surface area is 199 Å². The Balaban J connectivity index is 1.45. The van der Waals surface area contributed by atoms with Gasteiger partial charge in [-0.3, -0.25) is 9.69 Å². The van der Waals surface area contributed by atoms with Crippen LogP contribution in [0.25, 0.3) is 0 Å². The Morgan fingerprint density at radius 2 is 1.79 bits per heavy atom. The number of halogens is 3. The number of anilines is 2. The van der Waals surface area contributed by atoms with Crippen molar-refractivity contribution in [1.82, 2.24) is 4.90 Å². The number of carbonyl (C=O) groups is 1. The fraction of sp³-hybridized carbons (Fsp3) is 0.500. The molecule has 0 radical (unpaired) electrons. The number of amides is 1. The number of hydrogen-bond acceptors (Lipinski definition) is 4. The summed E-state index contributed by atoms with van der Waals surface area (Å²) in [6, 6.07) is 11.3. The molecule has 2 aliphatic rings. The summed E-state index contributed by atoms with van der Waals surface area (Å²) in [5.74, 6) is 1.12. The number of methoxy groups -OCH3 is 1. The molecule has 1 amide bonds. The Hall–Kier alpha value is -2.74. The Morgan fingerprint density at radius 3 is 2.44 bits per heavy atom. The lowest BCUT2D eigenvalue weighted by Gasteiger charge is -2.47. The molecule has 0 aromatic heterocycles. The number of ether oxygens (including phenoxy) is 1. The van der Waals surface area contributed by atoms with Gasteiger partial charge in [-0.15, -0.1) is 0 Å². The van der Waals surface area contributed by atoms with Gasteiger partial charge in [0.05, 0.1) is 19.2 Å². The van der Waals surface area contributed by atoms with Crippen LogP contribution >= 0.6 is 0 Å². The predicted octanol–water partition coefficient (Wildman–Crippen LogP) is 5.16. The van der Waals surface area contributed by atoms with E-state index in [1.165, 1.54) is 12.1 Å². The van der Waals surface area contributed by atoms with Gasteiger partial charge >= 0.3 is 6.18 Å². The highest BCUT2D eigenvalue weighted by Gasteiger charge is 2.40. The fourth-order valence-corrected chi connectivity index (χ4v) is 5.31. The van der Waals surface area contributed by atoms with Crippen molar-refractivity contribution < 1.29 is 22.7 Å². The van der Waals surface area contributed by atoms with Crippen LogP contribution in [0, 0.1) is 0 Å². The van der Waals surface area contributed by atoms with Gasteiger partial charge in [0.15, 0.2) is 0 Å². The first kappa shape index (κ1) is 24.4. The van der Waals surface area contributed by atoms with E-state index in [9.17, 15) is 18.0 Å². The van der Waals surface area contributed by atoms with Gasteiger partial charge in [0.2, 0.25) is 5.91 Å². The number of benzene rings is 2. The smallest absolute Gasteiger partial charge is 0.416 e. The highest BCUT2D eigenvalue weighted by atomic mass is 19.4. The largest absolute Gasteiger partial charge is 0.497 e. The third-order valence-electron chi connectivity index (χ3n) is 6.94. The van der Waals surface area contributed by atoms with E-state index in [-0.39, 0.29) is 18.0 Å². The first-order valence-corrected chi connectivity index (χ1v) is 11.6. The van der Waals surface area contributed by atoms with Crippen LogP contribution in [0.3, 0.4) is 0 Å². The van der Waals surface area contributed by atoms with Crippen LogP contribution in [-0.2, 0) is 11.0 Å². The molecule has 0 aliphatic carbocycles. The topological polar surface area (TPSA) is 36.0 Å². The lowest BCUT2D eigenvalue weighted by Crippen LogP contribution is -2.56. The minimum Gasteiger partial charge on any atom is -0.497 e. The number of piperazine rings is 1. The van der Waals surface area contributed by atoms with Crippen LogP contribution in [0.2, 0.25) is 0 Å². The SMILES string of the molecule is COc1ccc2c(c1)C(C)CC(C)(C)N2C(=O)CN1CCN(c2cccc(C(F)(F)F)c2)CC1. The molecule has 2 heterocycles. The summed E-state index contributed by atoms with van der Waals surface area (Å²) in [7, 11) is 1.64. The van der Waals surface area contributed by atoms with E-state index in [0.29, 0.717) is 37.8 Å². The summed E-state index contributed by atoms with van der Waals surface area (Å²) in [5.41, 5.74) is 1.64. The van der Waals surface area contributed by atoms with E-state index in [2.05, 4.69) is 25.7 Å². The van der Waals surface area contributed by atoms with Gasteiger partial charge in [-0.05, 0) is 68.1 Å². The van der Waals surface area contributed by atoms with Crippen molar-refractivity contribution in [3.8, 4) is 5.75 Å². The maximum atomic E-state index is 13.5. The third kappa shape index (κ3) is 4.87. The molecule has 2 aromatic rings. The average Bonchev–Trinajstić information content (AvgIpc) is 2.78. The molecule has 1 saturated heterocycles. The molecular formula is C26H32F3N3O2.